The molecule has 0 fully saturated rings. The highest BCUT2D eigenvalue weighted by Gasteiger charge is 2.15. The van der Waals surface area contributed by atoms with E-state index in [1.165, 1.54) is 13.2 Å². The van der Waals surface area contributed by atoms with Crippen molar-refractivity contribution >= 4 is 11.6 Å². The molecule has 0 spiro atoms. The molecule has 7 heteroatoms. The number of nitriles is 1. The Labute approximate surface area is 151 Å². The summed E-state index contributed by atoms with van der Waals surface area (Å²) >= 11 is 0. The number of benzene rings is 2. The number of aromatic hydroxyl groups is 1. The number of carbonyl (C=O) groups excluding carboxylic acids is 1. The van der Waals surface area contributed by atoms with Crippen LogP contribution in [0.5, 0.6) is 17.2 Å². The lowest BCUT2D eigenvalue weighted by Gasteiger charge is -2.13. The maximum Gasteiger partial charge on any atom is 0.280 e. The van der Waals surface area contributed by atoms with Crippen molar-refractivity contribution in [1.82, 2.24) is 5.43 Å². The number of nitrogens with zero attached hydrogens (tertiary/aromatic N) is 2. The summed E-state index contributed by atoms with van der Waals surface area (Å²) in [4.78, 5) is 12.1. The lowest BCUT2D eigenvalue weighted by atomic mass is 10.1. The molecule has 0 aliphatic heterocycles. The lowest BCUT2D eigenvalue weighted by molar-refractivity contribution is -0.127. The zero-order valence-electron chi connectivity index (χ0n) is 14.7. The van der Waals surface area contributed by atoms with Gasteiger partial charge in [-0.3, -0.25) is 4.79 Å². The number of phenols is 1. The fraction of sp³-hybridized carbons (Fsp3) is 0.211. The van der Waals surface area contributed by atoms with Crippen LogP contribution in [0.1, 0.15) is 25.0 Å². The third kappa shape index (κ3) is 4.74. The predicted molar refractivity (Wildman–Crippen MR) is 96.3 cm³/mol. The van der Waals surface area contributed by atoms with Crippen molar-refractivity contribution in [2.45, 2.75) is 20.0 Å². The van der Waals surface area contributed by atoms with Crippen LogP contribution in [0.4, 0.5) is 0 Å². The molecule has 1 atom stereocenters. The summed E-state index contributed by atoms with van der Waals surface area (Å²) in [6.45, 7) is 3.25. The second kappa shape index (κ2) is 8.53. The summed E-state index contributed by atoms with van der Waals surface area (Å²) in [7, 11) is 1.50. The van der Waals surface area contributed by atoms with Gasteiger partial charge in [0.2, 0.25) is 0 Å². The number of carbonyl (C=O) groups is 1. The minimum atomic E-state index is -0.788. The summed E-state index contributed by atoms with van der Waals surface area (Å²) in [6.07, 6.45) is -0.788. The first kappa shape index (κ1) is 18.8. The van der Waals surface area contributed by atoms with Gasteiger partial charge in [-0.2, -0.15) is 10.4 Å². The van der Waals surface area contributed by atoms with E-state index >= 15 is 0 Å². The molecule has 0 aromatic heterocycles. The van der Waals surface area contributed by atoms with Crippen molar-refractivity contribution in [3.05, 3.63) is 53.6 Å². The zero-order valence-corrected chi connectivity index (χ0v) is 14.7. The van der Waals surface area contributed by atoms with Crippen LogP contribution < -0.4 is 14.9 Å². The van der Waals surface area contributed by atoms with Crippen LogP contribution in [0, 0.1) is 11.3 Å². The number of hydrogen-bond acceptors (Lipinski definition) is 6. The Balaban J connectivity index is 1.99. The number of methoxy groups -OCH3 is 1. The van der Waals surface area contributed by atoms with Gasteiger partial charge in [-0.25, -0.2) is 5.43 Å². The molecule has 134 valence electrons. The van der Waals surface area contributed by atoms with E-state index in [1.54, 1.807) is 50.2 Å². The number of nitrogens with one attached hydrogen (secondary N) is 1. The molecule has 0 bridgehead atoms. The molecule has 0 saturated carbocycles. The number of amides is 1. The maximum absolute atomic E-state index is 12.1. The first-order valence-corrected chi connectivity index (χ1v) is 7.83. The molecule has 0 radical (unpaired) electrons. The Morgan fingerprint density at radius 3 is 2.46 bits per heavy atom. The largest absolute Gasteiger partial charge is 0.507 e. The average Bonchev–Trinajstić information content (AvgIpc) is 2.66. The summed E-state index contributed by atoms with van der Waals surface area (Å²) in [5.74, 6) is 0.552. The topological polar surface area (TPSA) is 104 Å². The average molecular weight is 353 g/mol. The molecule has 26 heavy (non-hydrogen) atoms. The number of ether oxygens (including phenoxy) is 2. The Morgan fingerprint density at radius 2 is 1.88 bits per heavy atom. The van der Waals surface area contributed by atoms with Gasteiger partial charge in [0.05, 0.1) is 24.5 Å². The highest BCUT2D eigenvalue weighted by atomic mass is 16.5. The maximum atomic E-state index is 12.1. The molecule has 2 aromatic rings. The number of rotatable bonds is 6. The molecular formula is C19H19N3O4. The molecule has 2 rings (SSSR count). The third-order valence-electron chi connectivity index (χ3n) is 3.59. The van der Waals surface area contributed by atoms with E-state index in [4.69, 9.17) is 14.7 Å². The number of hydrogen-bond donors (Lipinski definition) is 2. The Morgan fingerprint density at radius 1 is 1.23 bits per heavy atom. The van der Waals surface area contributed by atoms with Crippen LogP contribution >= 0.6 is 0 Å². The SMILES string of the molecule is COc1ccc(/C(C)=N/NC(=O)C(C)Oc2ccc(C#N)cc2)c(O)c1. The summed E-state index contributed by atoms with van der Waals surface area (Å²) in [6, 6.07) is 13.3. The van der Waals surface area contributed by atoms with Gasteiger partial charge in [0, 0.05) is 11.6 Å². The summed E-state index contributed by atoms with van der Waals surface area (Å²) in [5, 5.41) is 22.7. The van der Waals surface area contributed by atoms with Gasteiger partial charge in [0.25, 0.3) is 5.91 Å². The van der Waals surface area contributed by atoms with Gasteiger partial charge in [-0.15, -0.1) is 0 Å². The fourth-order valence-electron chi connectivity index (χ4n) is 2.10. The molecule has 2 aromatic carbocycles. The van der Waals surface area contributed by atoms with E-state index in [-0.39, 0.29) is 5.75 Å². The third-order valence-corrected chi connectivity index (χ3v) is 3.59. The summed E-state index contributed by atoms with van der Waals surface area (Å²) in [5.41, 5.74) is 3.83. The van der Waals surface area contributed by atoms with Crippen molar-refractivity contribution in [2.24, 2.45) is 5.10 Å². The van der Waals surface area contributed by atoms with Crippen molar-refractivity contribution < 1.29 is 19.4 Å². The molecule has 0 aliphatic rings. The second-order valence-electron chi connectivity index (χ2n) is 5.45. The van der Waals surface area contributed by atoms with Gasteiger partial charge in [0.15, 0.2) is 6.10 Å². The normalized spacial score (nSPS) is 12.0. The number of hydrazone groups is 1. The molecule has 2 N–H and O–H groups in total. The summed E-state index contributed by atoms with van der Waals surface area (Å²) < 4.78 is 10.5. The smallest absolute Gasteiger partial charge is 0.280 e. The molecular weight excluding hydrogens is 334 g/mol. The van der Waals surface area contributed by atoms with Crippen LogP contribution in [-0.2, 0) is 4.79 Å². The van der Waals surface area contributed by atoms with E-state index in [0.29, 0.717) is 28.3 Å². The Kier molecular flexibility index (Phi) is 6.17. The van der Waals surface area contributed by atoms with Crippen molar-refractivity contribution in [3.63, 3.8) is 0 Å². The van der Waals surface area contributed by atoms with Crippen LogP contribution in [-0.4, -0.2) is 29.9 Å². The monoisotopic (exact) mass is 353 g/mol. The van der Waals surface area contributed by atoms with E-state index in [1.807, 2.05) is 6.07 Å². The van der Waals surface area contributed by atoms with Gasteiger partial charge >= 0.3 is 0 Å². The quantitative estimate of drug-likeness (QED) is 0.613. The molecule has 1 amide bonds. The van der Waals surface area contributed by atoms with Crippen LogP contribution in [0.15, 0.2) is 47.6 Å². The van der Waals surface area contributed by atoms with Crippen LogP contribution in [0.2, 0.25) is 0 Å². The Hall–Kier alpha value is -3.53. The van der Waals surface area contributed by atoms with Crippen LogP contribution in [0.25, 0.3) is 0 Å². The molecule has 1 unspecified atom stereocenters. The van der Waals surface area contributed by atoms with E-state index in [2.05, 4.69) is 10.5 Å². The van der Waals surface area contributed by atoms with Gasteiger partial charge < -0.3 is 14.6 Å². The van der Waals surface area contributed by atoms with E-state index < -0.39 is 12.0 Å². The van der Waals surface area contributed by atoms with E-state index in [9.17, 15) is 9.90 Å². The standard InChI is InChI=1S/C19H19N3O4/c1-12(17-9-8-16(25-3)10-18(17)23)21-22-19(24)13(2)26-15-6-4-14(11-20)5-7-15/h4-10,13,23H,1-3H3,(H,22,24)/b21-12+. The minimum absolute atomic E-state index is 0.00160. The Bertz CT molecular complexity index is 854. The van der Waals surface area contributed by atoms with Crippen LogP contribution in [0.3, 0.4) is 0 Å². The first-order chi connectivity index (χ1) is 12.4. The number of phenolic OH excluding ortho intramolecular Hbond substituents is 1. The second-order valence-corrected chi connectivity index (χ2v) is 5.45. The first-order valence-electron chi connectivity index (χ1n) is 7.83. The van der Waals surface area contributed by atoms with E-state index in [0.717, 1.165) is 0 Å². The highest BCUT2D eigenvalue weighted by molar-refractivity contribution is 6.01. The van der Waals surface area contributed by atoms with Crippen molar-refractivity contribution in [3.8, 4) is 23.3 Å². The van der Waals surface area contributed by atoms with Gasteiger partial charge in [-0.05, 0) is 50.2 Å². The molecule has 0 saturated heterocycles. The highest BCUT2D eigenvalue weighted by Crippen LogP contribution is 2.23. The molecule has 0 aliphatic carbocycles. The van der Waals surface area contributed by atoms with Crippen molar-refractivity contribution in [1.29, 1.82) is 5.26 Å². The molecule has 0 heterocycles. The zero-order chi connectivity index (χ0) is 19.1. The predicted octanol–water partition coefficient (Wildman–Crippen LogP) is 2.58. The van der Waals surface area contributed by atoms with Crippen molar-refractivity contribution in [2.75, 3.05) is 7.11 Å². The van der Waals surface area contributed by atoms with Gasteiger partial charge in [0.1, 0.15) is 17.2 Å². The lowest BCUT2D eigenvalue weighted by Crippen LogP contribution is -2.33. The fourth-order valence-corrected chi connectivity index (χ4v) is 2.10. The molecule has 7 nitrogen and oxygen atoms in total. The minimum Gasteiger partial charge on any atom is -0.507 e. The van der Waals surface area contributed by atoms with Gasteiger partial charge in [-0.1, -0.05) is 0 Å².